The number of hydrogen-bond donors (Lipinski definition) is 1. The fourth-order valence-corrected chi connectivity index (χ4v) is 2.91. The molecule has 1 aliphatic rings. The van der Waals surface area contributed by atoms with E-state index in [9.17, 15) is 4.79 Å². The first-order valence-electron chi connectivity index (χ1n) is 5.45. The second kappa shape index (κ2) is 4.37. The smallest absolute Gasteiger partial charge is 0.308 e. The Hall–Kier alpha value is -1.17. The Labute approximate surface area is 98.3 Å². The molecule has 2 heterocycles. The third-order valence-corrected chi connectivity index (χ3v) is 3.88. The van der Waals surface area contributed by atoms with E-state index in [0.29, 0.717) is 6.42 Å². The van der Waals surface area contributed by atoms with Crippen molar-refractivity contribution < 1.29 is 9.90 Å². The largest absolute Gasteiger partial charge is 0.481 e. The molecule has 2 rings (SSSR count). The maximum Gasteiger partial charge on any atom is 0.308 e. The zero-order valence-electron chi connectivity index (χ0n) is 9.38. The highest BCUT2D eigenvalue weighted by Gasteiger charge is 2.37. The van der Waals surface area contributed by atoms with E-state index in [1.165, 1.54) is 11.5 Å². The van der Waals surface area contributed by atoms with Gasteiger partial charge in [0.1, 0.15) is 5.82 Å². The van der Waals surface area contributed by atoms with Crippen molar-refractivity contribution >= 4 is 22.6 Å². The van der Waals surface area contributed by atoms with Crippen LogP contribution in [-0.2, 0) is 11.2 Å². The summed E-state index contributed by atoms with van der Waals surface area (Å²) in [6.07, 6.45) is 1.51. The summed E-state index contributed by atoms with van der Waals surface area (Å²) in [5, 5.41) is 9.90. The highest BCUT2D eigenvalue weighted by molar-refractivity contribution is 7.09. The second-order valence-electron chi connectivity index (χ2n) is 4.01. The minimum atomic E-state index is -0.713. The summed E-state index contributed by atoms with van der Waals surface area (Å²) in [5.41, 5.74) is 0. The third-order valence-electron chi connectivity index (χ3n) is 3.09. The van der Waals surface area contributed by atoms with Crippen LogP contribution in [-0.4, -0.2) is 33.0 Å². The Morgan fingerprint density at radius 3 is 2.94 bits per heavy atom. The van der Waals surface area contributed by atoms with Crippen molar-refractivity contribution in [1.82, 2.24) is 9.36 Å². The number of aromatic nitrogens is 2. The normalized spacial score (nSPS) is 25.0. The molecule has 1 aromatic rings. The third kappa shape index (κ3) is 1.89. The Morgan fingerprint density at radius 1 is 1.69 bits per heavy atom. The Balaban J connectivity index is 2.14. The quantitative estimate of drug-likeness (QED) is 0.866. The Bertz CT molecular complexity index is 393. The molecule has 2 atom stereocenters. The van der Waals surface area contributed by atoms with Gasteiger partial charge in [0.25, 0.3) is 0 Å². The van der Waals surface area contributed by atoms with E-state index in [4.69, 9.17) is 5.11 Å². The number of carboxylic acids is 1. The number of hydrogen-bond acceptors (Lipinski definition) is 5. The van der Waals surface area contributed by atoms with Crippen LogP contribution in [0.25, 0.3) is 0 Å². The molecule has 0 spiro atoms. The summed E-state index contributed by atoms with van der Waals surface area (Å²) in [4.78, 5) is 17.4. The van der Waals surface area contributed by atoms with Gasteiger partial charge in [0, 0.05) is 30.5 Å². The van der Waals surface area contributed by atoms with Gasteiger partial charge in [-0.3, -0.25) is 4.79 Å². The number of aliphatic carboxylic acids is 1. The van der Waals surface area contributed by atoms with E-state index in [2.05, 4.69) is 14.3 Å². The van der Waals surface area contributed by atoms with Crippen LogP contribution in [0, 0.1) is 5.92 Å². The standard InChI is InChI=1S/C10H15N3O2S/c1-3-8-11-10(16-12-8)13-5-4-7(6(13)2)9(14)15/h6-7H,3-5H2,1-2H3,(H,14,15). The molecule has 0 radical (unpaired) electrons. The van der Waals surface area contributed by atoms with Gasteiger partial charge < -0.3 is 10.0 Å². The topological polar surface area (TPSA) is 66.3 Å². The Morgan fingerprint density at radius 2 is 2.44 bits per heavy atom. The molecule has 16 heavy (non-hydrogen) atoms. The molecule has 0 saturated carbocycles. The van der Waals surface area contributed by atoms with E-state index in [1.54, 1.807) is 0 Å². The highest BCUT2D eigenvalue weighted by Crippen LogP contribution is 2.30. The SMILES string of the molecule is CCc1nsc(N2CCC(C(=O)O)C2C)n1. The molecule has 6 heteroatoms. The predicted octanol–water partition coefficient (Wildman–Crippen LogP) is 1.40. The zero-order valence-corrected chi connectivity index (χ0v) is 10.2. The van der Waals surface area contributed by atoms with Gasteiger partial charge in [-0.05, 0) is 13.3 Å². The molecule has 0 aromatic carbocycles. The van der Waals surface area contributed by atoms with Gasteiger partial charge in [0.05, 0.1) is 5.92 Å². The lowest BCUT2D eigenvalue weighted by Gasteiger charge is -2.21. The average Bonchev–Trinajstić information content (AvgIpc) is 2.83. The summed E-state index contributed by atoms with van der Waals surface area (Å²) in [6, 6.07) is 0.00940. The van der Waals surface area contributed by atoms with Crippen molar-refractivity contribution in [1.29, 1.82) is 0 Å². The summed E-state index contributed by atoms with van der Waals surface area (Å²) >= 11 is 1.36. The number of anilines is 1. The molecule has 1 saturated heterocycles. The average molecular weight is 241 g/mol. The minimum absolute atomic E-state index is 0.00940. The van der Waals surface area contributed by atoms with E-state index < -0.39 is 5.97 Å². The lowest BCUT2D eigenvalue weighted by Crippen LogP contribution is -2.32. The van der Waals surface area contributed by atoms with Crippen LogP contribution >= 0.6 is 11.5 Å². The molecule has 0 aliphatic carbocycles. The van der Waals surface area contributed by atoms with Gasteiger partial charge in [-0.15, -0.1) is 0 Å². The number of rotatable bonds is 3. The van der Waals surface area contributed by atoms with Gasteiger partial charge >= 0.3 is 5.97 Å². The molecule has 2 unspecified atom stereocenters. The van der Waals surface area contributed by atoms with Crippen LogP contribution in [0.5, 0.6) is 0 Å². The molecule has 5 nitrogen and oxygen atoms in total. The van der Waals surface area contributed by atoms with Crippen molar-refractivity contribution in [2.45, 2.75) is 32.7 Å². The van der Waals surface area contributed by atoms with Gasteiger partial charge in [0.15, 0.2) is 0 Å². The lowest BCUT2D eigenvalue weighted by molar-refractivity contribution is -0.141. The van der Waals surface area contributed by atoms with E-state index in [1.807, 2.05) is 13.8 Å². The molecule has 1 N–H and O–H groups in total. The maximum atomic E-state index is 11.0. The fraction of sp³-hybridized carbons (Fsp3) is 0.700. The molecular formula is C10H15N3O2S. The molecular weight excluding hydrogens is 226 g/mol. The van der Waals surface area contributed by atoms with Crippen molar-refractivity contribution in [2.75, 3.05) is 11.4 Å². The molecule has 1 fully saturated rings. The van der Waals surface area contributed by atoms with Crippen molar-refractivity contribution in [3.63, 3.8) is 0 Å². The minimum Gasteiger partial charge on any atom is -0.481 e. The molecule has 0 amide bonds. The summed E-state index contributed by atoms with van der Waals surface area (Å²) in [7, 11) is 0. The second-order valence-corrected chi connectivity index (χ2v) is 4.74. The molecule has 1 aromatic heterocycles. The molecule has 0 bridgehead atoms. The summed E-state index contributed by atoms with van der Waals surface area (Å²) < 4.78 is 4.23. The first-order chi connectivity index (χ1) is 7.63. The summed E-state index contributed by atoms with van der Waals surface area (Å²) in [6.45, 7) is 4.72. The molecule has 1 aliphatic heterocycles. The number of nitrogens with zero attached hydrogens (tertiary/aromatic N) is 3. The first-order valence-corrected chi connectivity index (χ1v) is 6.22. The maximum absolute atomic E-state index is 11.0. The number of carbonyl (C=O) groups is 1. The van der Waals surface area contributed by atoms with Crippen LogP contribution in [0.3, 0.4) is 0 Å². The van der Waals surface area contributed by atoms with E-state index >= 15 is 0 Å². The number of carboxylic acid groups (broad SMARTS) is 1. The number of aryl methyl sites for hydroxylation is 1. The predicted molar refractivity (Wildman–Crippen MR) is 61.8 cm³/mol. The highest BCUT2D eigenvalue weighted by atomic mass is 32.1. The van der Waals surface area contributed by atoms with E-state index in [0.717, 1.165) is 23.9 Å². The van der Waals surface area contributed by atoms with Crippen molar-refractivity contribution in [3.8, 4) is 0 Å². The van der Waals surface area contributed by atoms with Crippen LogP contribution in [0.4, 0.5) is 5.13 Å². The lowest BCUT2D eigenvalue weighted by atomic mass is 10.0. The van der Waals surface area contributed by atoms with Crippen LogP contribution in [0.2, 0.25) is 0 Å². The monoisotopic (exact) mass is 241 g/mol. The van der Waals surface area contributed by atoms with Gasteiger partial charge in [0.2, 0.25) is 5.13 Å². The van der Waals surface area contributed by atoms with Crippen LogP contribution < -0.4 is 4.90 Å². The van der Waals surface area contributed by atoms with Crippen LogP contribution in [0.15, 0.2) is 0 Å². The molecule has 88 valence electrons. The van der Waals surface area contributed by atoms with E-state index in [-0.39, 0.29) is 12.0 Å². The fourth-order valence-electron chi connectivity index (χ4n) is 2.04. The van der Waals surface area contributed by atoms with Gasteiger partial charge in [-0.2, -0.15) is 4.37 Å². The van der Waals surface area contributed by atoms with Gasteiger partial charge in [-0.25, -0.2) is 4.98 Å². The van der Waals surface area contributed by atoms with Crippen molar-refractivity contribution in [3.05, 3.63) is 5.82 Å². The zero-order chi connectivity index (χ0) is 11.7. The Kier molecular flexibility index (Phi) is 3.09. The van der Waals surface area contributed by atoms with Crippen molar-refractivity contribution in [2.24, 2.45) is 5.92 Å². The first kappa shape index (κ1) is 11.3. The van der Waals surface area contributed by atoms with Gasteiger partial charge in [-0.1, -0.05) is 6.92 Å². The summed E-state index contributed by atoms with van der Waals surface area (Å²) in [5.74, 6) is -0.157. The van der Waals surface area contributed by atoms with Crippen LogP contribution in [0.1, 0.15) is 26.1 Å².